The summed E-state index contributed by atoms with van der Waals surface area (Å²) in [7, 11) is 0. The van der Waals surface area contributed by atoms with Crippen LogP contribution in [0, 0.1) is 5.41 Å². The molecule has 1 aliphatic carbocycles. The third-order valence-corrected chi connectivity index (χ3v) is 3.74. The second kappa shape index (κ2) is 5.89. The second-order valence-corrected chi connectivity index (χ2v) is 6.02. The number of unbranched alkanes of at least 4 members (excludes halogenated alkanes) is 4. The van der Waals surface area contributed by atoms with Crippen LogP contribution in [0.2, 0.25) is 0 Å². The lowest BCUT2D eigenvalue weighted by atomic mass is 10.1. The van der Waals surface area contributed by atoms with E-state index in [-0.39, 0.29) is 0 Å². The van der Waals surface area contributed by atoms with Gasteiger partial charge in [0.25, 0.3) is 0 Å². The Morgan fingerprint density at radius 3 is 2.33 bits per heavy atom. The standard InChI is InChI=1S/C14H29N/c1-5-6-7-8-9-10-12(2)15-13-11-14(13,3)4/h12-13,15H,5-11H2,1-4H3. The minimum absolute atomic E-state index is 0.580. The Balaban J connectivity index is 1.93. The van der Waals surface area contributed by atoms with Gasteiger partial charge in [-0.3, -0.25) is 0 Å². The van der Waals surface area contributed by atoms with E-state index in [4.69, 9.17) is 0 Å². The molecule has 1 N–H and O–H groups in total. The smallest absolute Gasteiger partial charge is 0.0127 e. The molecule has 1 heteroatoms. The normalized spacial score (nSPS) is 25.2. The van der Waals surface area contributed by atoms with Crippen LogP contribution in [0.3, 0.4) is 0 Å². The molecule has 0 amide bonds. The van der Waals surface area contributed by atoms with Crippen molar-refractivity contribution in [2.24, 2.45) is 5.41 Å². The molecule has 0 bridgehead atoms. The van der Waals surface area contributed by atoms with Gasteiger partial charge < -0.3 is 5.32 Å². The second-order valence-electron chi connectivity index (χ2n) is 6.02. The van der Waals surface area contributed by atoms with Crippen LogP contribution in [0.5, 0.6) is 0 Å². The molecular weight excluding hydrogens is 182 g/mol. The van der Waals surface area contributed by atoms with Gasteiger partial charge >= 0.3 is 0 Å². The molecule has 90 valence electrons. The van der Waals surface area contributed by atoms with Crippen LogP contribution in [-0.2, 0) is 0 Å². The summed E-state index contributed by atoms with van der Waals surface area (Å²) in [5.74, 6) is 0. The van der Waals surface area contributed by atoms with Crippen molar-refractivity contribution < 1.29 is 0 Å². The van der Waals surface area contributed by atoms with Crippen molar-refractivity contribution in [2.45, 2.75) is 84.7 Å². The molecule has 0 radical (unpaired) electrons. The minimum Gasteiger partial charge on any atom is -0.311 e. The highest BCUT2D eigenvalue weighted by molar-refractivity contribution is 5.02. The summed E-state index contributed by atoms with van der Waals surface area (Å²) in [6.07, 6.45) is 9.75. The molecule has 0 saturated heterocycles. The molecule has 1 saturated carbocycles. The lowest BCUT2D eigenvalue weighted by Gasteiger charge is -2.14. The van der Waals surface area contributed by atoms with E-state index in [0.29, 0.717) is 5.41 Å². The zero-order valence-electron chi connectivity index (χ0n) is 11.1. The SMILES string of the molecule is CCCCCCCC(C)NC1CC1(C)C. The van der Waals surface area contributed by atoms with E-state index < -0.39 is 0 Å². The van der Waals surface area contributed by atoms with Crippen LogP contribution in [0.15, 0.2) is 0 Å². The van der Waals surface area contributed by atoms with Crippen molar-refractivity contribution in [3.05, 3.63) is 0 Å². The van der Waals surface area contributed by atoms with Crippen molar-refractivity contribution in [3.8, 4) is 0 Å². The first-order chi connectivity index (χ1) is 7.06. The molecule has 0 aromatic rings. The quantitative estimate of drug-likeness (QED) is 0.595. The van der Waals surface area contributed by atoms with E-state index in [9.17, 15) is 0 Å². The highest BCUT2D eigenvalue weighted by atomic mass is 15.0. The fourth-order valence-corrected chi connectivity index (χ4v) is 2.23. The van der Waals surface area contributed by atoms with Gasteiger partial charge in [-0.15, -0.1) is 0 Å². The molecule has 0 spiro atoms. The topological polar surface area (TPSA) is 12.0 Å². The maximum atomic E-state index is 3.73. The molecule has 1 aliphatic rings. The molecule has 2 unspecified atom stereocenters. The molecule has 0 aromatic carbocycles. The van der Waals surface area contributed by atoms with Gasteiger partial charge in [-0.05, 0) is 25.2 Å². The van der Waals surface area contributed by atoms with Crippen LogP contribution < -0.4 is 5.32 Å². The van der Waals surface area contributed by atoms with E-state index in [0.717, 1.165) is 12.1 Å². The van der Waals surface area contributed by atoms with Gasteiger partial charge in [0, 0.05) is 12.1 Å². The highest BCUT2D eigenvalue weighted by Crippen LogP contribution is 2.44. The number of nitrogens with one attached hydrogen (secondary N) is 1. The summed E-state index contributed by atoms with van der Waals surface area (Å²) < 4.78 is 0. The van der Waals surface area contributed by atoms with Crippen LogP contribution in [0.1, 0.15) is 72.6 Å². The summed E-state index contributed by atoms with van der Waals surface area (Å²) in [6.45, 7) is 9.34. The van der Waals surface area contributed by atoms with Crippen LogP contribution in [0.25, 0.3) is 0 Å². The summed E-state index contributed by atoms with van der Waals surface area (Å²) in [6, 6.07) is 1.52. The lowest BCUT2D eigenvalue weighted by Crippen LogP contribution is -2.30. The maximum absolute atomic E-state index is 3.73. The van der Waals surface area contributed by atoms with Crippen LogP contribution >= 0.6 is 0 Å². The third kappa shape index (κ3) is 5.01. The van der Waals surface area contributed by atoms with Gasteiger partial charge in [0.05, 0.1) is 0 Å². The first-order valence-electron chi connectivity index (χ1n) is 6.82. The Bertz CT molecular complexity index is 174. The fraction of sp³-hybridized carbons (Fsp3) is 1.00. The predicted molar refractivity (Wildman–Crippen MR) is 68.2 cm³/mol. The average Bonchev–Trinajstić information content (AvgIpc) is 2.73. The number of rotatable bonds is 8. The van der Waals surface area contributed by atoms with E-state index >= 15 is 0 Å². The Kier molecular flexibility index (Phi) is 5.11. The monoisotopic (exact) mass is 211 g/mol. The maximum Gasteiger partial charge on any atom is 0.0127 e. The molecular formula is C14H29N. The predicted octanol–water partition coefficient (Wildman–Crippen LogP) is 4.12. The minimum atomic E-state index is 0.580. The van der Waals surface area contributed by atoms with Crippen LogP contribution in [-0.4, -0.2) is 12.1 Å². The lowest BCUT2D eigenvalue weighted by molar-refractivity contribution is 0.443. The van der Waals surface area contributed by atoms with Crippen molar-refractivity contribution in [3.63, 3.8) is 0 Å². The molecule has 0 aromatic heterocycles. The zero-order valence-corrected chi connectivity index (χ0v) is 11.1. The summed E-state index contributed by atoms with van der Waals surface area (Å²) in [5.41, 5.74) is 0.580. The molecule has 0 heterocycles. The van der Waals surface area contributed by atoms with E-state index in [2.05, 4.69) is 33.0 Å². The summed E-state index contributed by atoms with van der Waals surface area (Å²) in [4.78, 5) is 0. The number of hydrogen-bond acceptors (Lipinski definition) is 1. The highest BCUT2D eigenvalue weighted by Gasteiger charge is 2.45. The van der Waals surface area contributed by atoms with Gasteiger partial charge in [-0.2, -0.15) is 0 Å². The Morgan fingerprint density at radius 1 is 1.20 bits per heavy atom. The molecule has 2 atom stereocenters. The van der Waals surface area contributed by atoms with Crippen molar-refractivity contribution in [1.29, 1.82) is 0 Å². The van der Waals surface area contributed by atoms with Crippen molar-refractivity contribution in [1.82, 2.24) is 5.32 Å². The Morgan fingerprint density at radius 2 is 1.80 bits per heavy atom. The molecule has 0 aliphatic heterocycles. The Labute approximate surface area is 96.0 Å². The van der Waals surface area contributed by atoms with E-state index in [1.807, 2.05) is 0 Å². The third-order valence-electron chi connectivity index (χ3n) is 3.74. The molecule has 1 nitrogen and oxygen atoms in total. The van der Waals surface area contributed by atoms with E-state index in [1.54, 1.807) is 0 Å². The largest absolute Gasteiger partial charge is 0.311 e. The first kappa shape index (κ1) is 13.0. The van der Waals surface area contributed by atoms with Gasteiger partial charge in [0.1, 0.15) is 0 Å². The van der Waals surface area contributed by atoms with Gasteiger partial charge in [-0.1, -0.05) is 52.9 Å². The van der Waals surface area contributed by atoms with Crippen molar-refractivity contribution in [2.75, 3.05) is 0 Å². The molecule has 1 rings (SSSR count). The van der Waals surface area contributed by atoms with E-state index in [1.165, 1.54) is 44.9 Å². The summed E-state index contributed by atoms with van der Waals surface area (Å²) in [5, 5.41) is 3.73. The van der Waals surface area contributed by atoms with Gasteiger partial charge in [0.2, 0.25) is 0 Å². The molecule has 15 heavy (non-hydrogen) atoms. The Hall–Kier alpha value is -0.0400. The van der Waals surface area contributed by atoms with Crippen LogP contribution in [0.4, 0.5) is 0 Å². The average molecular weight is 211 g/mol. The number of hydrogen-bond donors (Lipinski definition) is 1. The summed E-state index contributed by atoms with van der Waals surface area (Å²) >= 11 is 0. The van der Waals surface area contributed by atoms with Crippen molar-refractivity contribution >= 4 is 0 Å². The molecule has 1 fully saturated rings. The van der Waals surface area contributed by atoms with Gasteiger partial charge in [0.15, 0.2) is 0 Å². The fourth-order valence-electron chi connectivity index (χ4n) is 2.23. The zero-order chi connectivity index (χ0) is 11.3. The van der Waals surface area contributed by atoms with Gasteiger partial charge in [-0.25, -0.2) is 0 Å². The first-order valence-corrected chi connectivity index (χ1v) is 6.82.